The third-order valence-corrected chi connectivity index (χ3v) is 6.47. The fourth-order valence-electron chi connectivity index (χ4n) is 2.85. The second-order valence-corrected chi connectivity index (χ2v) is 9.17. The maximum absolute atomic E-state index is 12.6. The van der Waals surface area contributed by atoms with Gasteiger partial charge in [-0.15, -0.1) is 0 Å². The zero-order valence-electron chi connectivity index (χ0n) is 16.0. The van der Waals surface area contributed by atoms with Crippen molar-refractivity contribution in [3.8, 4) is 0 Å². The van der Waals surface area contributed by atoms with E-state index in [1.807, 2.05) is 4.90 Å². The van der Waals surface area contributed by atoms with Crippen LogP contribution in [-0.2, 0) is 21.0 Å². The first-order chi connectivity index (χ1) is 13.0. The molecule has 10 heteroatoms. The summed E-state index contributed by atoms with van der Waals surface area (Å²) in [7, 11) is -3.86. The normalized spacial score (nSPS) is 17.1. The number of sulfonamides is 1. The van der Waals surface area contributed by atoms with Gasteiger partial charge in [0.25, 0.3) is 0 Å². The van der Waals surface area contributed by atoms with Gasteiger partial charge in [-0.1, -0.05) is 13.8 Å². The number of halogens is 3. The summed E-state index contributed by atoms with van der Waals surface area (Å²) < 4.78 is 64.4. The molecule has 0 unspecified atom stereocenters. The van der Waals surface area contributed by atoms with E-state index in [4.69, 9.17) is 0 Å². The van der Waals surface area contributed by atoms with Gasteiger partial charge in [0.1, 0.15) is 0 Å². The Morgan fingerprint density at radius 2 is 1.68 bits per heavy atom. The summed E-state index contributed by atoms with van der Waals surface area (Å²) in [5.41, 5.74) is -0.889. The molecule has 0 radical (unpaired) electrons. The molecule has 1 aliphatic rings. The summed E-state index contributed by atoms with van der Waals surface area (Å²) in [5, 5.41) is 2.84. The number of amides is 1. The first-order valence-corrected chi connectivity index (χ1v) is 10.6. The highest BCUT2D eigenvalue weighted by molar-refractivity contribution is 7.89. The van der Waals surface area contributed by atoms with Gasteiger partial charge in [-0.25, -0.2) is 8.42 Å². The maximum Gasteiger partial charge on any atom is 0.416 e. The molecule has 0 atom stereocenters. The van der Waals surface area contributed by atoms with E-state index >= 15 is 0 Å². The lowest BCUT2D eigenvalue weighted by Gasteiger charge is -2.33. The lowest BCUT2D eigenvalue weighted by atomic mass is 10.1. The number of nitrogens with one attached hydrogen (secondary N) is 1. The fraction of sp³-hybridized carbons (Fsp3) is 0.611. The Morgan fingerprint density at radius 1 is 1.11 bits per heavy atom. The predicted octanol–water partition coefficient (Wildman–Crippen LogP) is 2.17. The second kappa shape index (κ2) is 9.23. The lowest BCUT2D eigenvalue weighted by Crippen LogP contribution is -2.51. The van der Waals surface area contributed by atoms with Crippen molar-refractivity contribution in [2.24, 2.45) is 5.92 Å². The Balaban J connectivity index is 1.88. The van der Waals surface area contributed by atoms with E-state index in [0.29, 0.717) is 25.6 Å². The van der Waals surface area contributed by atoms with Crippen LogP contribution in [0.15, 0.2) is 29.2 Å². The molecule has 0 aliphatic carbocycles. The van der Waals surface area contributed by atoms with Gasteiger partial charge < -0.3 is 5.32 Å². The summed E-state index contributed by atoms with van der Waals surface area (Å²) in [6.45, 7) is 6.09. The molecule has 1 aromatic rings. The molecule has 0 spiro atoms. The third kappa shape index (κ3) is 6.18. The molecular formula is C18H26F3N3O3S. The summed E-state index contributed by atoms with van der Waals surface area (Å²) in [5.74, 6) is 0.402. The van der Waals surface area contributed by atoms with Crippen LogP contribution in [0.25, 0.3) is 0 Å². The molecule has 1 amide bonds. The van der Waals surface area contributed by atoms with Crippen molar-refractivity contribution in [2.75, 3.05) is 39.3 Å². The molecular weight excluding hydrogens is 395 g/mol. The van der Waals surface area contributed by atoms with E-state index in [2.05, 4.69) is 19.2 Å². The molecule has 1 aliphatic heterocycles. The third-order valence-electron chi connectivity index (χ3n) is 4.56. The first kappa shape index (κ1) is 22.6. The van der Waals surface area contributed by atoms with Gasteiger partial charge in [-0.05, 0) is 36.6 Å². The maximum atomic E-state index is 12.6. The molecule has 1 aromatic carbocycles. The van der Waals surface area contributed by atoms with Crippen molar-refractivity contribution in [3.63, 3.8) is 0 Å². The fourth-order valence-corrected chi connectivity index (χ4v) is 4.27. The smallest absolute Gasteiger partial charge is 0.355 e. The zero-order chi connectivity index (χ0) is 20.9. The van der Waals surface area contributed by atoms with Gasteiger partial charge in [0.05, 0.1) is 17.0 Å². The van der Waals surface area contributed by atoms with E-state index in [9.17, 15) is 26.4 Å². The number of alkyl halides is 3. The van der Waals surface area contributed by atoms with Crippen molar-refractivity contribution in [2.45, 2.75) is 31.3 Å². The molecule has 1 fully saturated rings. The number of piperazine rings is 1. The van der Waals surface area contributed by atoms with Crippen molar-refractivity contribution in [1.82, 2.24) is 14.5 Å². The molecule has 1 heterocycles. The van der Waals surface area contributed by atoms with Crippen molar-refractivity contribution in [1.29, 1.82) is 0 Å². The molecule has 0 aromatic heterocycles. The van der Waals surface area contributed by atoms with Crippen LogP contribution in [0.3, 0.4) is 0 Å². The van der Waals surface area contributed by atoms with Gasteiger partial charge in [0, 0.05) is 32.7 Å². The van der Waals surface area contributed by atoms with E-state index < -0.39 is 21.8 Å². The van der Waals surface area contributed by atoms with Gasteiger partial charge in [0.2, 0.25) is 15.9 Å². The monoisotopic (exact) mass is 421 g/mol. The second-order valence-electron chi connectivity index (χ2n) is 7.23. The molecule has 158 valence electrons. The minimum Gasteiger partial charge on any atom is -0.355 e. The Kier molecular flexibility index (Phi) is 7.46. The number of rotatable bonds is 7. The van der Waals surface area contributed by atoms with Crippen LogP contribution in [0.4, 0.5) is 13.2 Å². The van der Waals surface area contributed by atoms with E-state index in [1.165, 1.54) is 4.31 Å². The van der Waals surface area contributed by atoms with Gasteiger partial charge in [-0.2, -0.15) is 17.5 Å². The minimum atomic E-state index is -4.51. The molecule has 1 saturated heterocycles. The lowest BCUT2D eigenvalue weighted by molar-refractivity contribution is -0.137. The quantitative estimate of drug-likeness (QED) is 0.733. The van der Waals surface area contributed by atoms with Crippen LogP contribution < -0.4 is 5.32 Å². The Morgan fingerprint density at radius 3 is 2.18 bits per heavy atom. The van der Waals surface area contributed by atoms with Crippen LogP contribution in [0.1, 0.15) is 25.8 Å². The molecule has 0 saturated carbocycles. The predicted molar refractivity (Wildman–Crippen MR) is 99.1 cm³/mol. The average Bonchev–Trinajstić information content (AvgIpc) is 2.61. The standard InChI is InChI=1S/C18H26F3N3O3S/c1-14(2)7-8-22-17(25)13-23-9-11-24(12-10-23)28(26,27)16-5-3-15(4-6-16)18(19,20)21/h3-6,14H,7-13H2,1-2H3,(H,22,25). The van der Waals surface area contributed by atoms with E-state index in [-0.39, 0.29) is 30.4 Å². The first-order valence-electron chi connectivity index (χ1n) is 9.16. The van der Waals surface area contributed by atoms with Gasteiger partial charge in [-0.3, -0.25) is 9.69 Å². The summed E-state index contributed by atoms with van der Waals surface area (Å²) in [6, 6.07) is 3.49. The average molecular weight is 421 g/mol. The summed E-state index contributed by atoms with van der Waals surface area (Å²) in [4.78, 5) is 13.6. The minimum absolute atomic E-state index is 0.0975. The molecule has 1 N–H and O–H groups in total. The topological polar surface area (TPSA) is 69.7 Å². The van der Waals surface area contributed by atoms with Crippen LogP contribution >= 0.6 is 0 Å². The van der Waals surface area contributed by atoms with Gasteiger partial charge >= 0.3 is 6.18 Å². The van der Waals surface area contributed by atoms with Crippen LogP contribution in [-0.4, -0.2) is 62.8 Å². The number of hydrogen-bond acceptors (Lipinski definition) is 4. The molecule has 6 nitrogen and oxygen atoms in total. The SMILES string of the molecule is CC(C)CCNC(=O)CN1CCN(S(=O)(=O)c2ccc(C(F)(F)F)cc2)CC1. The highest BCUT2D eigenvalue weighted by Gasteiger charge is 2.32. The highest BCUT2D eigenvalue weighted by Crippen LogP contribution is 2.30. The number of nitrogens with zero attached hydrogens (tertiary/aromatic N) is 2. The number of carbonyl (C=O) groups is 1. The number of benzene rings is 1. The Hall–Kier alpha value is -1.65. The van der Waals surface area contributed by atoms with Gasteiger partial charge in [0.15, 0.2) is 0 Å². The van der Waals surface area contributed by atoms with Crippen LogP contribution in [0, 0.1) is 5.92 Å². The largest absolute Gasteiger partial charge is 0.416 e. The molecule has 0 bridgehead atoms. The van der Waals surface area contributed by atoms with Crippen LogP contribution in [0.2, 0.25) is 0 Å². The summed E-state index contributed by atoms with van der Waals surface area (Å²) >= 11 is 0. The number of carbonyl (C=O) groups excluding carboxylic acids is 1. The molecule has 28 heavy (non-hydrogen) atoms. The highest BCUT2D eigenvalue weighted by atomic mass is 32.2. The van der Waals surface area contributed by atoms with Crippen molar-refractivity contribution >= 4 is 15.9 Å². The Bertz CT molecular complexity index is 757. The Labute approximate surface area is 163 Å². The van der Waals surface area contributed by atoms with Crippen LogP contribution in [0.5, 0.6) is 0 Å². The summed E-state index contributed by atoms with van der Waals surface area (Å²) in [6.07, 6.45) is -3.62. The van der Waals surface area contributed by atoms with E-state index in [1.54, 1.807) is 0 Å². The zero-order valence-corrected chi connectivity index (χ0v) is 16.8. The van der Waals surface area contributed by atoms with Crippen molar-refractivity contribution in [3.05, 3.63) is 29.8 Å². The van der Waals surface area contributed by atoms with E-state index in [0.717, 1.165) is 30.7 Å². The molecule has 2 rings (SSSR count). The number of hydrogen-bond donors (Lipinski definition) is 1. The van der Waals surface area contributed by atoms with Crippen molar-refractivity contribution < 1.29 is 26.4 Å².